The Labute approximate surface area is 168 Å². The number of nitro benzene ring substituents is 1. The molecular weight excluding hydrogens is 368 g/mol. The lowest BCUT2D eigenvalue weighted by molar-refractivity contribution is -0.384. The first-order valence-electron chi connectivity index (χ1n) is 9.70. The van der Waals surface area contributed by atoms with Gasteiger partial charge < -0.3 is 10.6 Å². The van der Waals surface area contributed by atoms with Crippen LogP contribution >= 0.6 is 0 Å². The monoisotopic (exact) mass is 390 g/mol. The van der Waals surface area contributed by atoms with Crippen molar-refractivity contribution in [2.75, 3.05) is 10.6 Å². The first-order valence-corrected chi connectivity index (χ1v) is 9.70. The van der Waals surface area contributed by atoms with Crippen molar-refractivity contribution < 1.29 is 4.92 Å². The lowest BCUT2D eigenvalue weighted by atomic mass is 10.2. The average molecular weight is 390 g/mol. The molecule has 2 aromatic heterocycles. The molecule has 1 saturated carbocycles. The van der Waals surface area contributed by atoms with Crippen molar-refractivity contribution >= 4 is 17.5 Å². The Hall–Kier alpha value is -3.55. The van der Waals surface area contributed by atoms with Gasteiger partial charge in [0.05, 0.1) is 10.6 Å². The van der Waals surface area contributed by atoms with Crippen LogP contribution in [-0.4, -0.2) is 25.9 Å². The minimum absolute atomic E-state index is 0.0812. The molecule has 8 heteroatoms. The number of non-ortho nitro benzene ring substituents is 1. The van der Waals surface area contributed by atoms with Gasteiger partial charge in [0.25, 0.3) is 5.69 Å². The number of rotatable bonds is 7. The summed E-state index contributed by atoms with van der Waals surface area (Å²) in [6.07, 6.45) is 8.23. The molecule has 1 aromatic carbocycles. The Balaban J connectivity index is 1.54. The maximum atomic E-state index is 10.8. The smallest absolute Gasteiger partial charge is 0.269 e. The van der Waals surface area contributed by atoms with Crippen molar-refractivity contribution in [2.24, 2.45) is 0 Å². The molecule has 0 unspecified atom stereocenters. The van der Waals surface area contributed by atoms with Gasteiger partial charge >= 0.3 is 0 Å². The van der Waals surface area contributed by atoms with E-state index in [4.69, 9.17) is 0 Å². The Morgan fingerprint density at radius 2 is 1.90 bits per heavy atom. The molecule has 3 aromatic rings. The summed E-state index contributed by atoms with van der Waals surface area (Å²) in [4.78, 5) is 23.9. The third-order valence-electron chi connectivity index (χ3n) is 4.99. The SMILES string of the molecule is O=[N+]([O-])c1ccc(CNc2cc(-c3cccnc3)nc(NC3CCCC3)n2)cc1. The minimum Gasteiger partial charge on any atom is -0.366 e. The summed E-state index contributed by atoms with van der Waals surface area (Å²) in [5.74, 6) is 1.29. The van der Waals surface area contributed by atoms with Crippen molar-refractivity contribution in [1.82, 2.24) is 15.0 Å². The summed E-state index contributed by atoms with van der Waals surface area (Å²) in [5, 5.41) is 17.6. The van der Waals surface area contributed by atoms with Gasteiger partial charge in [0.2, 0.25) is 5.95 Å². The molecule has 1 aliphatic rings. The van der Waals surface area contributed by atoms with Gasteiger partial charge in [-0.25, -0.2) is 4.98 Å². The van der Waals surface area contributed by atoms with E-state index in [2.05, 4.69) is 25.6 Å². The van der Waals surface area contributed by atoms with Crippen LogP contribution in [0.4, 0.5) is 17.5 Å². The van der Waals surface area contributed by atoms with E-state index in [9.17, 15) is 10.1 Å². The molecule has 4 rings (SSSR count). The molecule has 2 heterocycles. The van der Waals surface area contributed by atoms with Crippen LogP contribution in [0.25, 0.3) is 11.3 Å². The summed E-state index contributed by atoms with van der Waals surface area (Å²) in [5.41, 5.74) is 2.72. The Morgan fingerprint density at radius 3 is 2.59 bits per heavy atom. The number of aromatic nitrogens is 3. The number of anilines is 2. The molecule has 1 fully saturated rings. The molecule has 0 spiro atoms. The lowest BCUT2D eigenvalue weighted by Crippen LogP contribution is -2.17. The van der Waals surface area contributed by atoms with E-state index in [1.54, 1.807) is 24.5 Å². The fourth-order valence-corrected chi connectivity index (χ4v) is 3.45. The Bertz CT molecular complexity index is 972. The fourth-order valence-electron chi connectivity index (χ4n) is 3.45. The third-order valence-corrected chi connectivity index (χ3v) is 4.99. The lowest BCUT2D eigenvalue weighted by Gasteiger charge is -2.15. The molecule has 8 nitrogen and oxygen atoms in total. The molecule has 0 bridgehead atoms. The molecule has 148 valence electrons. The van der Waals surface area contributed by atoms with Gasteiger partial charge in [-0.3, -0.25) is 15.1 Å². The van der Waals surface area contributed by atoms with Gasteiger partial charge in [0.15, 0.2) is 0 Å². The molecule has 0 radical (unpaired) electrons. The maximum absolute atomic E-state index is 10.8. The van der Waals surface area contributed by atoms with Crippen molar-refractivity contribution in [1.29, 1.82) is 0 Å². The number of hydrogen-bond donors (Lipinski definition) is 2. The number of pyridine rings is 1. The summed E-state index contributed by atoms with van der Waals surface area (Å²) in [7, 11) is 0. The van der Waals surface area contributed by atoms with Gasteiger partial charge in [0.1, 0.15) is 5.82 Å². The van der Waals surface area contributed by atoms with Crippen molar-refractivity contribution in [3.8, 4) is 11.3 Å². The first kappa shape index (κ1) is 18.8. The number of hydrogen-bond acceptors (Lipinski definition) is 7. The zero-order valence-corrected chi connectivity index (χ0v) is 15.9. The van der Waals surface area contributed by atoms with E-state index in [0.29, 0.717) is 24.4 Å². The van der Waals surface area contributed by atoms with Crippen LogP contribution in [0.15, 0.2) is 54.9 Å². The molecule has 0 atom stereocenters. The zero-order valence-electron chi connectivity index (χ0n) is 15.9. The van der Waals surface area contributed by atoms with Crippen LogP contribution in [-0.2, 0) is 6.54 Å². The van der Waals surface area contributed by atoms with Crippen molar-refractivity contribution in [2.45, 2.75) is 38.3 Å². The molecule has 0 aliphatic heterocycles. The van der Waals surface area contributed by atoms with Gasteiger partial charge in [-0.15, -0.1) is 0 Å². The summed E-state index contributed by atoms with van der Waals surface area (Å²) >= 11 is 0. The number of nitrogens with one attached hydrogen (secondary N) is 2. The van der Waals surface area contributed by atoms with E-state index in [1.807, 2.05) is 18.2 Å². The van der Waals surface area contributed by atoms with E-state index < -0.39 is 4.92 Å². The predicted octanol–water partition coefficient (Wildman–Crippen LogP) is 4.41. The quantitative estimate of drug-likeness (QED) is 0.454. The minimum atomic E-state index is -0.400. The van der Waals surface area contributed by atoms with Gasteiger partial charge in [-0.1, -0.05) is 25.0 Å². The second-order valence-corrected chi connectivity index (χ2v) is 7.11. The summed E-state index contributed by atoms with van der Waals surface area (Å²) in [6, 6.07) is 12.6. The summed E-state index contributed by atoms with van der Waals surface area (Å²) < 4.78 is 0. The average Bonchev–Trinajstić information content (AvgIpc) is 3.26. The van der Waals surface area contributed by atoms with E-state index >= 15 is 0 Å². The predicted molar refractivity (Wildman–Crippen MR) is 112 cm³/mol. The molecule has 0 saturated heterocycles. The van der Waals surface area contributed by atoms with E-state index in [-0.39, 0.29) is 5.69 Å². The number of nitro groups is 1. The first-order chi connectivity index (χ1) is 14.2. The molecular formula is C21H22N6O2. The van der Waals surface area contributed by atoms with Crippen molar-refractivity contribution in [3.63, 3.8) is 0 Å². The third kappa shape index (κ3) is 4.84. The normalized spacial score (nSPS) is 13.9. The standard InChI is InChI=1S/C21H22N6O2/c28-27(29)18-9-7-15(8-10-18)13-23-20-12-19(16-4-3-11-22-14-16)25-21(26-20)24-17-5-1-2-6-17/h3-4,7-12,14,17H,1-2,5-6,13H2,(H2,23,24,25,26). The Morgan fingerprint density at radius 1 is 1.10 bits per heavy atom. The fraction of sp³-hybridized carbons (Fsp3) is 0.286. The zero-order chi connectivity index (χ0) is 20.1. The van der Waals surface area contributed by atoms with Gasteiger partial charge in [-0.2, -0.15) is 4.98 Å². The highest BCUT2D eigenvalue weighted by Crippen LogP contribution is 2.25. The highest BCUT2D eigenvalue weighted by atomic mass is 16.6. The van der Waals surface area contributed by atoms with Gasteiger partial charge in [-0.05, 0) is 30.5 Å². The maximum Gasteiger partial charge on any atom is 0.269 e. The number of benzene rings is 1. The largest absolute Gasteiger partial charge is 0.366 e. The second kappa shape index (κ2) is 8.64. The molecule has 2 N–H and O–H groups in total. The van der Waals surface area contributed by atoms with Gasteiger partial charge in [0, 0.05) is 48.7 Å². The molecule has 0 amide bonds. The van der Waals surface area contributed by atoms with E-state index in [1.165, 1.54) is 25.0 Å². The molecule has 1 aliphatic carbocycles. The van der Waals surface area contributed by atoms with Crippen LogP contribution in [0.5, 0.6) is 0 Å². The number of nitrogens with zero attached hydrogens (tertiary/aromatic N) is 4. The van der Waals surface area contributed by atoms with Crippen LogP contribution in [0, 0.1) is 10.1 Å². The molecule has 29 heavy (non-hydrogen) atoms. The van der Waals surface area contributed by atoms with Crippen LogP contribution < -0.4 is 10.6 Å². The Kier molecular flexibility index (Phi) is 5.60. The van der Waals surface area contributed by atoms with Crippen molar-refractivity contribution in [3.05, 3.63) is 70.5 Å². The highest BCUT2D eigenvalue weighted by molar-refractivity contribution is 5.63. The van der Waals surface area contributed by atoms with Crippen LogP contribution in [0.2, 0.25) is 0 Å². The van der Waals surface area contributed by atoms with E-state index in [0.717, 1.165) is 29.7 Å². The second-order valence-electron chi connectivity index (χ2n) is 7.11. The van der Waals surface area contributed by atoms with Crippen LogP contribution in [0.1, 0.15) is 31.2 Å². The topological polar surface area (TPSA) is 106 Å². The highest BCUT2D eigenvalue weighted by Gasteiger charge is 2.17. The summed E-state index contributed by atoms with van der Waals surface area (Å²) in [6.45, 7) is 0.504. The van der Waals surface area contributed by atoms with Crippen LogP contribution in [0.3, 0.4) is 0 Å².